The third kappa shape index (κ3) is 4.16. The van der Waals surface area contributed by atoms with Crippen LogP contribution in [-0.4, -0.2) is 18.2 Å². The van der Waals surface area contributed by atoms with Crippen molar-refractivity contribution in [1.29, 1.82) is 0 Å². The van der Waals surface area contributed by atoms with Crippen LogP contribution in [0.5, 0.6) is 0 Å². The smallest absolute Gasteiger partial charge is 0.338 e. The SMILES string of the molecule is COC(=O)c1ccccc1CC[C@H](O)c1cccc(Br)c1. The zero-order chi connectivity index (χ0) is 15.2. The van der Waals surface area contributed by atoms with Gasteiger partial charge in [0.2, 0.25) is 0 Å². The Kier molecular flexibility index (Phi) is 5.53. The van der Waals surface area contributed by atoms with Crippen LogP contribution >= 0.6 is 15.9 Å². The van der Waals surface area contributed by atoms with E-state index >= 15 is 0 Å². The number of aliphatic hydroxyl groups is 1. The van der Waals surface area contributed by atoms with Gasteiger partial charge < -0.3 is 9.84 Å². The lowest BCUT2D eigenvalue weighted by Crippen LogP contribution is -2.07. The molecule has 110 valence electrons. The van der Waals surface area contributed by atoms with Gasteiger partial charge in [0.15, 0.2) is 0 Å². The average Bonchev–Trinajstić information content (AvgIpc) is 2.52. The quantitative estimate of drug-likeness (QED) is 0.833. The van der Waals surface area contributed by atoms with Crippen molar-refractivity contribution in [2.75, 3.05) is 7.11 Å². The van der Waals surface area contributed by atoms with E-state index in [-0.39, 0.29) is 5.97 Å². The van der Waals surface area contributed by atoms with E-state index in [9.17, 15) is 9.90 Å². The van der Waals surface area contributed by atoms with Gasteiger partial charge in [0.25, 0.3) is 0 Å². The van der Waals surface area contributed by atoms with E-state index in [1.807, 2.05) is 36.4 Å². The molecule has 3 nitrogen and oxygen atoms in total. The highest BCUT2D eigenvalue weighted by molar-refractivity contribution is 9.10. The van der Waals surface area contributed by atoms with Crippen molar-refractivity contribution < 1.29 is 14.6 Å². The standard InChI is InChI=1S/C17H17BrO3/c1-21-17(20)15-8-3-2-5-12(15)9-10-16(19)13-6-4-7-14(18)11-13/h2-8,11,16,19H,9-10H2,1H3/t16-/m0/s1. The summed E-state index contributed by atoms with van der Waals surface area (Å²) in [7, 11) is 1.37. The molecular weight excluding hydrogens is 332 g/mol. The lowest BCUT2D eigenvalue weighted by molar-refractivity contribution is 0.0599. The normalized spacial score (nSPS) is 12.0. The minimum atomic E-state index is -0.562. The molecule has 2 aromatic rings. The Hall–Kier alpha value is -1.65. The zero-order valence-corrected chi connectivity index (χ0v) is 13.3. The fraction of sp³-hybridized carbons (Fsp3) is 0.235. The Labute approximate surface area is 132 Å². The monoisotopic (exact) mass is 348 g/mol. The molecule has 0 fully saturated rings. The summed E-state index contributed by atoms with van der Waals surface area (Å²) < 4.78 is 5.72. The highest BCUT2D eigenvalue weighted by atomic mass is 79.9. The molecule has 0 amide bonds. The number of carbonyl (C=O) groups is 1. The van der Waals surface area contributed by atoms with Crippen molar-refractivity contribution in [3.63, 3.8) is 0 Å². The number of hydrogen-bond acceptors (Lipinski definition) is 3. The summed E-state index contributed by atoms with van der Waals surface area (Å²) >= 11 is 3.39. The molecule has 0 aliphatic rings. The number of aryl methyl sites for hydroxylation is 1. The highest BCUT2D eigenvalue weighted by Crippen LogP contribution is 2.23. The summed E-state index contributed by atoms with van der Waals surface area (Å²) in [5.74, 6) is -0.345. The van der Waals surface area contributed by atoms with Crippen molar-refractivity contribution in [2.24, 2.45) is 0 Å². The van der Waals surface area contributed by atoms with Gasteiger partial charge in [0.1, 0.15) is 0 Å². The molecule has 0 radical (unpaired) electrons. The average molecular weight is 349 g/mol. The first-order chi connectivity index (χ1) is 10.1. The number of carbonyl (C=O) groups excluding carboxylic acids is 1. The molecule has 2 aromatic carbocycles. The first-order valence-corrected chi connectivity index (χ1v) is 7.51. The number of rotatable bonds is 5. The predicted molar refractivity (Wildman–Crippen MR) is 85.2 cm³/mol. The number of hydrogen-bond donors (Lipinski definition) is 1. The molecule has 0 heterocycles. The third-order valence-corrected chi connectivity index (χ3v) is 3.84. The van der Waals surface area contributed by atoms with E-state index in [2.05, 4.69) is 15.9 Å². The second-order valence-corrected chi connectivity index (χ2v) is 5.67. The summed E-state index contributed by atoms with van der Waals surface area (Å²) in [6.07, 6.45) is 0.594. The van der Waals surface area contributed by atoms with Crippen molar-refractivity contribution >= 4 is 21.9 Å². The zero-order valence-electron chi connectivity index (χ0n) is 11.8. The van der Waals surface area contributed by atoms with Crippen molar-refractivity contribution in [3.05, 3.63) is 69.7 Å². The van der Waals surface area contributed by atoms with Gasteiger partial charge in [0.05, 0.1) is 18.8 Å². The van der Waals surface area contributed by atoms with Gasteiger partial charge in [-0.25, -0.2) is 4.79 Å². The van der Waals surface area contributed by atoms with Gasteiger partial charge in [0, 0.05) is 4.47 Å². The Morgan fingerprint density at radius 1 is 1.24 bits per heavy atom. The first kappa shape index (κ1) is 15.7. The van der Waals surface area contributed by atoms with Gasteiger partial charge in [-0.1, -0.05) is 46.3 Å². The van der Waals surface area contributed by atoms with Crippen LogP contribution in [0.15, 0.2) is 53.0 Å². The van der Waals surface area contributed by atoms with Crippen molar-refractivity contribution in [3.8, 4) is 0 Å². The highest BCUT2D eigenvalue weighted by Gasteiger charge is 2.13. The number of methoxy groups -OCH3 is 1. The maximum absolute atomic E-state index is 11.7. The van der Waals surface area contributed by atoms with Gasteiger partial charge >= 0.3 is 5.97 Å². The molecule has 0 aliphatic carbocycles. The summed E-state index contributed by atoms with van der Waals surface area (Å²) in [6, 6.07) is 14.9. The lowest BCUT2D eigenvalue weighted by atomic mass is 9.98. The fourth-order valence-electron chi connectivity index (χ4n) is 2.22. The van der Waals surface area contributed by atoms with Crippen molar-refractivity contribution in [1.82, 2.24) is 0 Å². The minimum Gasteiger partial charge on any atom is -0.465 e. The van der Waals surface area contributed by atoms with E-state index < -0.39 is 6.10 Å². The Balaban J connectivity index is 2.08. The molecule has 1 N–H and O–H groups in total. The number of esters is 1. The van der Waals surface area contributed by atoms with E-state index in [0.717, 1.165) is 15.6 Å². The number of ether oxygens (including phenoxy) is 1. The molecule has 0 unspecified atom stereocenters. The molecular formula is C17H17BrO3. The van der Waals surface area contributed by atoms with Crippen LogP contribution in [0.2, 0.25) is 0 Å². The van der Waals surface area contributed by atoms with E-state index in [1.54, 1.807) is 12.1 Å². The molecule has 0 saturated carbocycles. The topological polar surface area (TPSA) is 46.5 Å². The second kappa shape index (κ2) is 7.38. The molecule has 0 aliphatic heterocycles. The Bertz CT molecular complexity index is 625. The summed E-state index contributed by atoms with van der Waals surface area (Å²) in [5, 5.41) is 10.3. The first-order valence-electron chi connectivity index (χ1n) is 6.71. The van der Waals surface area contributed by atoms with Crippen LogP contribution in [0.3, 0.4) is 0 Å². The molecule has 0 aromatic heterocycles. The summed E-state index contributed by atoms with van der Waals surface area (Å²) in [6.45, 7) is 0. The number of halogens is 1. The van der Waals surface area contributed by atoms with E-state index in [1.165, 1.54) is 7.11 Å². The molecule has 4 heteroatoms. The Morgan fingerprint density at radius 3 is 2.71 bits per heavy atom. The number of benzene rings is 2. The van der Waals surface area contributed by atoms with Crippen molar-refractivity contribution in [2.45, 2.75) is 18.9 Å². The molecule has 1 atom stereocenters. The van der Waals surface area contributed by atoms with Gasteiger partial charge in [-0.3, -0.25) is 0 Å². The van der Waals surface area contributed by atoms with E-state index in [0.29, 0.717) is 18.4 Å². The van der Waals surface area contributed by atoms with Crippen LogP contribution in [0, 0.1) is 0 Å². The molecule has 0 saturated heterocycles. The lowest BCUT2D eigenvalue weighted by Gasteiger charge is -2.13. The predicted octanol–water partition coefficient (Wildman–Crippen LogP) is 3.90. The van der Waals surface area contributed by atoms with E-state index in [4.69, 9.17) is 4.74 Å². The largest absolute Gasteiger partial charge is 0.465 e. The van der Waals surface area contributed by atoms with Crippen LogP contribution in [-0.2, 0) is 11.2 Å². The van der Waals surface area contributed by atoms with Crippen LogP contribution in [0.4, 0.5) is 0 Å². The minimum absolute atomic E-state index is 0.345. The van der Waals surface area contributed by atoms with Crippen LogP contribution < -0.4 is 0 Å². The van der Waals surface area contributed by atoms with Crippen LogP contribution in [0.25, 0.3) is 0 Å². The van der Waals surface area contributed by atoms with Gasteiger partial charge in [-0.15, -0.1) is 0 Å². The summed E-state index contributed by atoms with van der Waals surface area (Å²) in [4.78, 5) is 11.7. The van der Waals surface area contributed by atoms with Crippen LogP contribution in [0.1, 0.15) is 34.0 Å². The van der Waals surface area contributed by atoms with Gasteiger partial charge in [-0.05, 0) is 42.2 Å². The fourth-order valence-corrected chi connectivity index (χ4v) is 2.64. The molecule has 21 heavy (non-hydrogen) atoms. The number of aliphatic hydroxyl groups excluding tert-OH is 1. The maximum atomic E-state index is 11.7. The summed E-state index contributed by atoms with van der Waals surface area (Å²) in [5.41, 5.74) is 2.31. The molecule has 0 bridgehead atoms. The molecule has 0 spiro atoms. The second-order valence-electron chi connectivity index (χ2n) is 4.76. The third-order valence-electron chi connectivity index (χ3n) is 3.34. The maximum Gasteiger partial charge on any atom is 0.338 e. The molecule has 2 rings (SSSR count). The Morgan fingerprint density at radius 2 is 2.00 bits per heavy atom. The van der Waals surface area contributed by atoms with Gasteiger partial charge in [-0.2, -0.15) is 0 Å².